The Bertz CT molecular complexity index is 652. The van der Waals surface area contributed by atoms with Crippen LogP contribution in [0.4, 0.5) is 5.69 Å². The van der Waals surface area contributed by atoms with Crippen molar-refractivity contribution in [3.8, 4) is 0 Å². The van der Waals surface area contributed by atoms with Crippen LogP contribution >= 0.6 is 0 Å². The zero-order chi connectivity index (χ0) is 15.6. The van der Waals surface area contributed by atoms with Gasteiger partial charge in [0.1, 0.15) is 5.71 Å². The molecule has 1 aromatic carbocycles. The van der Waals surface area contributed by atoms with Gasteiger partial charge in [-0.3, -0.25) is 9.59 Å². The molecule has 1 aliphatic heterocycles. The van der Waals surface area contributed by atoms with Gasteiger partial charge in [0.25, 0.3) is 5.91 Å². The number of carboxylic acid groups (broad SMARTS) is 1. The number of aromatic carboxylic acids is 1. The van der Waals surface area contributed by atoms with Gasteiger partial charge < -0.3 is 10.4 Å². The van der Waals surface area contributed by atoms with Crippen molar-refractivity contribution >= 4 is 29.2 Å². The van der Waals surface area contributed by atoms with Crippen LogP contribution in [0.25, 0.3) is 0 Å². The van der Waals surface area contributed by atoms with Crippen molar-refractivity contribution < 1.29 is 19.5 Å². The molecule has 0 fully saturated rings. The summed E-state index contributed by atoms with van der Waals surface area (Å²) in [4.78, 5) is 34.4. The van der Waals surface area contributed by atoms with Crippen LogP contribution in [0.5, 0.6) is 0 Å². The van der Waals surface area contributed by atoms with Crippen LogP contribution in [-0.4, -0.2) is 40.7 Å². The van der Waals surface area contributed by atoms with Crippen LogP contribution < -0.4 is 5.32 Å². The quantitative estimate of drug-likeness (QED) is 0.874. The maximum absolute atomic E-state index is 12.1. The van der Waals surface area contributed by atoms with Gasteiger partial charge in [0, 0.05) is 25.6 Å². The predicted octanol–water partition coefficient (Wildman–Crippen LogP) is 1.24. The highest BCUT2D eigenvalue weighted by Gasteiger charge is 2.22. The summed E-state index contributed by atoms with van der Waals surface area (Å²) in [6.45, 7) is 1.68. The summed E-state index contributed by atoms with van der Waals surface area (Å²) in [7, 11) is 1.49. The Hall–Kier alpha value is -2.70. The minimum atomic E-state index is -1.05. The van der Waals surface area contributed by atoms with Crippen molar-refractivity contribution in [1.29, 1.82) is 0 Å². The number of rotatable bonds is 3. The monoisotopic (exact) mass is 289 g/mol. The molecule has 1 aromatic rings. The number of hydrazone groups is 1. The second kappa shape index (κ2) is 5.74. The van der Waals surface area contributed by atoms with E-state index in [0.717, 1.165) is 5.01 Å². The number of anilines is 1. The topological polar surface area (TPSA) is 99.1 Å². The lowest BCUT2D eigenvalue weighted by Gasteiger charge is -2.19. The average Bonchev–Trinajstić information content (AvgIpc) is 2.43. The Labute approximate surface area is 121 Å². The number of carbonyl (C=O) groups excluding carboxylic acids is 2. The van der Waals surface area contributed by atoms with E-state index < -0.39 is 11.9 Å². The third-order valence-corrected chi connectivity index (χ3v) is 3.20. The Morgan fingerprint density at radius 3 is 2.67 bits per heavy atom. The number of aryl methyl sites for hydroxylation is 1. The molecular formula is C14H15N3O4. The number of carboxylic acids is 1. The summed E-state index contributed by atoms with van der Waals surface area (Å²) in [6, 6.07) is 4.64. The highest BCUT2D eigenvalue weighted by Crippen LogP contribution is 2.16. The molecule has 0 saturated carbocycles. The van der Waals surface area contributed by atoms with E-state index in [1.807, 2.05) is 0 Å². The summed E-state index contributed by atoms with van der Waals surface area (Å²) in [5.74, 6) is -1.63. The lowest BCUT2D eigenvalue weighted by molar-refractivity contribution is -0.130. The standard InChI is InChI=1S/C14H15N3O4/c1-8-3-4-9(7-10(8)14(20)21)15-13(19)11-5-6-12(18)17(2)16-11/h3-4,7H,5-6H2,1-2H3,(H,15,19)(H,20,21). The smallest absolute Gasteiger partial charge is 0.336 e. The van der Waals surface area contributed by atoms with Crippen molar-refractivity contribution in [3.63, 3.8) is 0 Å². The van der Waals surface area contributed by atoms with Gasteiger partial charge in [-0.25, -0.2) is 9.80 Å². The number of amides is 2. The number of carbonyl (C=O) groups is 3. The maximum atomic E-state index is 12.1. The van der Waals surface area contributed by atoms with Crippen molar-refractivity contribution in [1.82, 2.24) is 5.01 Å². The highest BCUT2D eigenvalue weighted by molar-refractivity contribution is 6.43. The first-order valence-corrected chi connectivity index (χ1v) is 6.38. The van der Waals surface area contributed by atoms with Gasteiger partial charge in [-0.2, -0.15) is 5.10 Å². The molecule has 0 spiro atoms. The van der Waals surface area contributed by atoms with Gasteiger partial charge in [-0.15, -0.1) is 0 Å². The lowest BCUT2D eigenvalue weighted by atomic mass is 10.1. The van der Waals surface area contributed by atoms with E-state index >= 15 is 0 Å². The maximum Gasteiger partial charge on any atom is 0.336 e. The number of nitrogens with one attached hydrogen (secondary N) is 1. The third-order valence-electron chi connectivity index (χ3n) is 3.20. The molecular weight excluding hydrogens is 274 g/mol. The van der Waals surface area contributed by atoms with Crippen molar-refractivity contribution in [2.75, 3.05) is 12.4 Å². The van der Waals surface area contributed by atoms with Gasteiger partial charge in [0.2, 0.25) is 5.91 Å². The highest BCUT2D eigenvalue weighted by atomic mass is 16.4. The molecule has 0 aliphatic carbocycles. The fourth-order valence-electron chi connectivity index (χ4n) is 1.97. The van der Waals surface area contributed by atoms with E-state index in [-0.39, 0.29) is 30.0 Å². The van der Waals surface area contributed by atoms with E-state index in [2.05, 4.69) is 10.4 Å². The predicted molar refractivity (Wildman–Crippen MR) is 76.2 cm³/mol. The zero-order valence-corrected chi connectivity index (χ0v) is 11.7. The SMILES string of the molecule is Cc1ccc(NC(=O)C2=NN(C)C(=O)CC2)cc1C(=O)O. The van der Waals surface area contributed by atoms with Crippen LogP contribution in [0.3, 0.4) is 0 Å². The molecule has 2 rings (SSSR count). The second-order valence-corrected chi connectivity index (χ2v) is 4.75. The fraction of sp³-hybridized carbons (Fsp3) is 0.286. The van der Waals surface area contributed by atoms with Gasteiger partial charge in [-0.05, 0) is 24.6 Å². The minimum absolute atomic E-state index is 0.130. The largest absolute Gasteiger partial charge is 0.478 e. The summed E-state index contributed by atoms with van der Waals surface area (Å²) in [5, 5.41) is 16.7. The minimum Gasteiger partial charge on any atom is -0.478 e. The molecule has 2 N–H and O–H groups in total. The number of benzene rings is 1. The fourth-order valence-corrected chi connectivity index (χ4v) is 1.97. The second-order valence-electron chi connectivity index (χ2n) is 4.75. The molecule has 7 nitrogen and oxygen atoms in total. The molecule has 21 heavy (non-hydrogen) atoms. The Morgan fingerprint density at radius 2 is 2.05 bits per heavy atom. The van der Waals surface area contributed by atoms with Crippen LogP contribution in [-0.2, 0) is 9.59 Å². The summed E-state index contributed by atoms with van der Waals surface area (Å²) in [5.41, 5.74) is 1.37. The molecule has 0 atom stereocenters. The molecule has 7 heteroatoms. The Morgan fingerprint density at radius 1 is 1.33 bits per heavy atom. The van der Waals surface area contributed by atoms with Crippen LogP contribution in [0.1, 0.15) is 28.8 Å². The van der Waals surface area contributed by atoms with Crippen LogP contribution in [0.15, 0.2) is 23.3 Å². The first-order valence-electron chi connectivity index (χ1n) is 6.38. The molecule has 0 bridgehead atoms. The lowest BCUT2D eigenvalue weighted by Crippen LogP contribution is -2.34. The van der Waals surface area contributed by atoms with E-state index in [1.54, 1.807) is 19.1 Å². The first-order chi connectivity index (χ1) is 9.88. The summed E-state index contributed by atoms with van der Waals surface area (Å²) >= 11 is 0. The van der Waals surface area contributed by atoms with Gasteiger partial charge in [0.05, 0.1) is 5.56 Å². The van der Waals surface area contributed by atoms with Crippen LogP contribution in [0, 0.1) is 6.92 Å². The van der Waals surface area contributed by atoms with Gasteiger partial charge in [0.15, 0.2) is 0 Å². The Balaban J connectivity index is 2.17. The molecule has 0 unspecified atom stereocenters. The summed E-state index contributed by atoms with van der Waals surface area (Å²) in [6.07, 6.45) is 0.504. The van der Waals surface area contributed by atoms with Gasteiger partial charge in [-0.1, -0.05) is 6.07 Å². The molecule has 0 saturated heterocycles. The normalized spacial score (nSPS) is 14.7. The number of hydrogen-bond donors (Lipinski definition) is 2. The first kappa shape index (κ1) is 14.7. The number of hydrogen-bond acceptors (Lipinski definition) is 4. The van der Waals surface area contributed by atoms with Crippen LogP contribution in [0.2, 0.25) is 0 Å². The van der Waals surface area contributed by atoms with E-state index in [1.165, 1.54) is 13.1 Å². The zero-order valence-electron chi connectivity index (χ0n) is 11.7. The molecule has 1 aliphatic rings. The molecule has 110 valence electrons. The molecule has 0 aromatic heterocycles. The van der Waals surface area contributed by atoms with Gasteiger partial charge >= 0.3 is 5.97 Å². The Kier molecular flexibility index (Phi) is 4.02. The third kappa shape index (κ3) is 3.25. The van der Waals surface area contributed by atoms with E-state index in [0.29, 0.717) is 11.3 Å². The molecule has 2 amide bonds. The molecule has 0 radical (unpaired) electrons. The van der Waals surface area contributed by atoms with E-state index in [9.17, 15) is 14.4 Å². The summed E-state index contributed by atoms with van der Waals surface area (Å²) < 4.78 is 0. The number of nitrogens with zero attached hydrogens (tertiary/aromatic N) is 2. The van der Waals surface area contributed by atoms with E-state index in [4.69, 9.17) is 5.11 Å². The molecule has 1 heterocycles. The van der Waals surface area contributed by atoms with Crippen molar-refractivity contribution in [2.24, 2.45) is 5.10 Å². The van der Waals surface area contributed by atoms with Crippen molar-refractivity contribution in [3.05, 3.63) is 29.3 Å². The average molecular weight is 289 g/mol. The van der Waals surface area contributed by atoms with Crippen molar-refractivity contribution in [2.45, 2.75) is 19.8 Å².